The predicted molar refractivity (Wildman–Crippen MR) is 78.8 cm³/mol. The van der Waals surface area contributed by atoms with Crippen LogP contribution in [-0.2, 0) is 18.3 Å². The second kappa shape index (κ2) is 5.92. The highest BCUT2D eigenvalue weighted by molar-refractivity contribution is 9.10. The number of benzene rings is 1. The van der Waals surface area contributed by atoms with E-state index in [1.54, 1.807) is 48.1 Å². The molecule has 0 fully saturated rings. The zero-order chi connectivity index (χ0) is 14.7. The van der Waals surface area contributed by atoms with Gasteiger partial charge in [-0.05, 0) is 33.6 Å². The smallest absolute Gasteiger partial charge is 0.307 e. The highest BCUT2D eigenvalue weighted by Crippen LogP contribution is 2.19. The van der Waals surface area contributed by atoms with Crippen molar-refractivity contribution in [3.05, 3.63) is 52.3 Å². The predicted octanol–water partition coefficient (Wildman–Crippen LogP) is 2.67. The summed E-state index contributed by atoms with van der Waals surface area (Å²) in [5, 5.41) is 11.6. The number of hydrogen-bond acceptors (Lipinski definition) is 2. The van der Waals surface area contributed by atoms with Crippen molar-refractivity contribution in [3.63, 3.8) is 0 Å². The van der Waals surface area contributed by atoms with Gasteiger partial charge in [-0.2, -0.15) is 0 Å². The Morgan fingerprint density at radius 2 is 2.05 bits per heavy atom. The molecule has 104 valence electrons. The van der Waals surface area contributed by atoms with Crippen molar-refractivity contribution in [1.82, 2.24) is 4.57 Å². The Labute approximate surface area is 124 Å². The number of nitrogens with one attached hydrogen (secondary N) is 1. The van der Waals surface area contributed by atoms with E-state index in [-0.39, 0.29) is 12.3 Å². The van der Waals surface area contributed by atoms with E-state index in [4.69, 9.17) is 5.11 Å². The van der Waals surface area contributed by atoms with Crippen molar-refractivity contribution >= 4 is 33.5 Å². The quantitative estimate of drug-likeness (QED) is 0.901. The maximum atomic E-state index is 12.2. The molecule has 0 aliphatic carbocycles. The molecule has 1 heterocycles. The SMILES string of the molecule is Cn1cc(Br)cc1C(=O)Nc1ccccc1CC(=O)O. The van der Waals surface area contributed by atoms with Crippen molar-refractivity contribution in [2.75, 3.05) is 5.32 Å². The van der Waals surface area contributed by atoms with Crippen LogP contribution in [0.25, 0.3) is 0 Å². The molecule has 0 unspecified atom stereocenters. The number of carboxylic acid groups (broad SMARTS) is 1. The molecule has 5 nitrogen and oxygen atoms in total. The largest absolute Gasteiger partial charge is 0.481 e. The van der Waals surface area contributed by atoms with Crippen LogP contribution in [0.4, 0.5) is 5.69 Å². The number of carbonyl (C=O) groups is 2. The van der Waals surface area contributed by atoms with Crippen LogP contribution in [0.5, 0.6) is 0 Å². The van der Waals surface area contributed by atoms with Gasteiger partial charge in [0.1, 0.15) is 5.69 Å². The summed E-state index contributed by atoms with van der Waals surface area (Å²) < 4.78 is 2.50. The number of hydrogen-bond donors (Lipinski definition) is 2. The fourth-order valence-corrected chi connectivity index (χ4v) is 2.42. The molecular formula is C14H13BrN2O3. The van der Waals surface area contributed by atoms with E-state index >= 15 is 0 Å². The lowest BCUT2D eigenvalue weighted by molar-refractivity contribution is -0.136. The van der Waals surface area contributed by atoms with Crippen LogP contribution in [0.3, 0.4) is 0 Å². The van der Waals surface area contributed by atoms with Gasteiger partial charge in [-0.15, -0.1) is 0 Å². The molecule has 1 aromatic carbocycles. The maximum absolute atomic E-state index is 12.2. The van der Waals surface area contributed by atoms with Crippen LogP contribution >= 0.6 is 15.9 Å². The van der Waals surface area contributed by atoms with Gasteiger partial charge in [0.05, 0.1) is 6.42 Å². The molecule has 0 saturated heterocycles. The van der Waals surface area contributed by atoms with Gasteiger partial charge >= 0.3 is 5.97 Å². The van der Waals surface area contributed by atoms with Gasteiger partial charge in [-0.3, -0.25) is 9.59 Å². The third kappa shape index (κ3) is 3.27. The van der Waals surface area contributed by atoms with Crippen LogP contribution in [0, 0.1) is 0 Å². The number of carboxylic acids is 1. The molecule has 0 saturated carbocycles. The molecule has 6 heteroatoms. The summed E-state index contributed by atoms with van der Waals surface area (Å²) in [4.78, 5) is 23.0. The Morgan fingerprint density at radius 3 is 2.65 bits per heavy atom. The van der Waals surface area contributed by atoms with E-state index in [1.807, 2.05) is 0 Å². The fraction of sp³-hybridized carbons (Fsp3) is 0.143. The molecule has 0 aliphatic heterocycles. The molecule has 1 amide bonds. The van der Waals surface area contributed by atoms with Crippen molar-refractivity contribution in [1.29, 1.82) is 0 Å². The zero-order valence-corrected chi connectivity index (χ0v) is 12.3. The minimum atomic E-state index is -0.937. The van der Waals surface area contributed by atoms with Crippen LogP contribution in [0.1, 0.15) is 16.1 Å². The van der Waals surface area contributed by atoms with Crippen molar-refractivity contribution in [2.24, 2.45) is 7.05 Å². The molecule has 2 N–H and O–H groups in total. The number of para-hydroxylation sites is 1. The summed E-state index contributed by atoms with van der Waals surface area (Å²) in [5.74, 6) is -1.22. The second-order valence-electron chi connectivity index (χ2n) is 4.34. The minimum Gasteiger partial charge on any atom is -0.481 e. The number of aromatic nitrogens is 1. The van der Waals surface area contributed by atoms with Crippen LogP contribution in [-0.4, -0.2) is 21.6 Å². The van der Waals surface area contributed by atoms with E-state index in [0.717, 1.165) is 4.47 Å². The first-order valence-electron chi connectivity index (χ1n) is 5.90. The first-order valence-corrected chi connectivity index (χ1v) is 6.69. The molecule has 0 atom stereocenters. The number of aryl methyl sites for hydroxylation is 1. The number of carbonyl (C=O) groups excluding carboxylic acids is 1. The van der Waals surface area contributed by atoms with Crippen molar-refractivity contribution in [3.8, 4) is 0 Å². The fourth-order valence-electron chi connectivity index (χ4n) is 1.90. The maximum Gasteiger partial charge on any atom is 0.307 e. The Balaban J connectivity index is 2.24. The second-order valence-corrected chi connectivity index (χ2v) is 5.25. The molecular weight excluding hydrogens is 324 g/mol. The molecule has 0 spiro atoms. The number of aliphatic carboxylic acids is 1. The van der Waals surface area contributed by atoms with E-state index in [2.05, 4.69) is 21.2 Å². The summed E-state index contributed by atoms with van der Waals surface area (Å²) in [6, 6.07) is 8.57. The van der Waals surface area contributed by atoms with Gasteiger partial charge < -0.3 is 15.0 Å². The molecule has 20 heavy (non-hydrogen) atoms. The van der Waals surface area contributed by atoms with Gasteiger partial charge in [0.25, 0.3) is 5.91 Å². The van der Waals surface area contributed by atoms with E-state index in [1.165, 1.54) is 0 Å². The highest BCUT2D eigenvalue weighted by atomic mass is 79.9. The lowest BCUT2D eigenvalue weighted by atomic mass is 10.1. The van der Waals surface area contributed by atoms with Crippen LogP contribution in [0.15, 0.2) is 41.0 Å². The summed E-state index contributed by atoms with van der Waals surface area (Å²) >= 11 is 3.31. The summed E-state index contributed by atoms with van der Waals surface area (Å²) in [6.07, 6.45) is 1.64. The van der Waals surface area contributed by atoms with Crippen molar-refractivity contribution in [2.45, 2.75) is 6.42 Å². The summed E-state index contributed by atoms with van der Waals surface area (Å²) in [5.41, 5.74) is 1.57. The standard InChI is InChI=1S/C14H13BrN2O3/c1-17-8-10(15)7-12(17)14(20)16-11-5-3-2-4-9(11)6-13(18)19/h2-5,7-8H,6H2,1H3,(H,16,20)(H,18,19). The zero-order valence-electron chi connectivity index (χ0n) is 10.8. The van der Waals surface area contributed by atoms with E-state index in [0.29, 0.717) is 16.9 Å². The third-order valence-electron chi connectivity index (χ3n) is 2.81. The van der Waals surface area contributed by atoms with Gasteiger partial charge in [0, 0.05) is 23.4 Å². The molecule has 0 radical (unpaired) electrons. The van der Waals surface area contributed by atoms with Gasteiger partial charge in [0.2, 0.25) is 0 Å². The lowest BCUT2D eigenvalue weighted by Gasteiger charge is -2.10. The first kappa shape index (κ1) is 14.3. The Kier molecular flexibility index (Phi) is 4.24. The summed E-state index contributed by atoms with van der Waals surface area (Å²) in [6.45, 7) is 0. The summed E-state index contributed by atoms with van der Waals surface area (Å²) in [7, 11) is 1.77. The molecule has 2 aromatic rings. The monoisotopic (exact) mass is 336 g/mol. The Bertz CT molecular complexity index is 664. The number of anilines is 1. The number of amides is 1. The molecule has 0 bridgehead atoms. The average molecular weight is 337 g/mol. The van der Waals surface area contributed by atoms with Crippen LogP contribution < -0.4 is 5.32 Å². The highest BCUT2D eigenvalue weighted by Gasteiger charge is 2.14. The topological polar surface area (TPSA) is 71.3 Å². The van der Waals surface area contributed by atoms with Gasteiger partial charge in [-0.1, -0.05) is 18.2 Å². The number of halogens is 1. The number of rotatable bonds is 4. The van der Waals surface area contributed by atoms with E-state index < -0.39 is 5.97 Å². The van der Waals surface area contributed by atoms with Gasteiger partial charge in [-0.25, -0.2) is 0 Å². The molecule has 2 rings (SSSR count). The van der Waals surface area contributed by atoms with Crippen LogP contribution in [0.2, 0.25) is 0 Å². The molecule has 1 aromatic heterocycles. The normalized spacial score (nSPS) is 10.3. The Morgan fingerprint density at radius 1 is 1.35 bits per heavy atom. The minimum absolute atomic E-state index is 0.132. The average Bonchev–Trinajstić information content (AvgIpc) is 2.70. The third-order valence-corrected chi connectivity index (χ3v) is 3.25. The first-order chi connectivity index (χ1) is 9.47. The van der Waals surface area contributed by atoms with Crippen molar-refractivity contribution < 1.29 is 14.7 Å². The lowest BCUT2D eigenvalue weighted by Crippen LogP contribution is -2.17. The number of nitrogens with zero attached hydrogens (tertiary/aromatic N) is 1. The van der Waals surface area contributed by atoms with Gasteiger partial charge in [0.15, 0.2) is 0 Å². The van der Waals surface area contributed by atoms with E-state index in [9.17, 15) is 9.59 Å². The molecule has 0 aliphatic rings. The Hall–Kier alpha value is -2.08.